The molecule has 0 bridgehead atoms. The predicted molar refractivity (Wildman–Crippen MR) is 70.1 cm³/mol. The Morgan fingerprint density at radius 2 is 2.17 bits per heavy atom. The molecule has 94 valence electrons. The molecule has 2 aromatic rings. The molecule has 4 heteroatoms. The Morgan fingerprint density at radius 3 is 3.00 bits per heavy atom. The van der Waals surface area contributed by atoms with Gasteiger partial charge < -0.3 is 10.1 Å². The van der Waals surface area contributed by atoms with Crippen molar-refractivity contribution in [3.63, 3.8) is 0 Å². The summed E-state index contributed by atoms with van der Waals surface area (Å²) < 4.78 is 4.58. The van der Waals surface area contributed by atoms with Crippen LogP contribution in [0.5, 0.6) is 0 Å². The van der Waals surface area contributed by atoms with Crippen LogP contribution in [-0.2, 0) is 16.1 Å². The molecule has 4 nitrogen and oxygen atoms in total. The summed E-state index contributed by atoms with van der Waals surface area (Å²) in [6.45, 7) is 1.31. The molecular weight excluding hydrogens is 228 g/mol. The van der Waals surface area contributed by atoms with Crippen molar-refractivity contribution >= 4 is 16.9 Å². The maximum absolute atomic E-state index is 11.0. The topological polar surface area (TPSA) is 51.2 Å². The first-order valence-corrected chi connectivity index (χ1v) is 5.91. The molecule has 0 aliphatic carbocycles. The molecule has 1 N–H and O–H groups in total. The van der Waals surface area contributed by atoms with Crippen molar-refractivity contribution in [2.75, 3.05) is 13.7 Å². The summed E-state index contributed by atoms with van der Waals surface area (Å²) in [7, 11) is 1.40. The normalized spacial score (nSPS) is 10.5. The number of pyridine rings is 1. The number of rotatable bonds is 5. The molecule has 0 aliphatic heterocycles. The number of carbonyl (C=O) groups excluding carboxylic acids is 1. The van der Waals surface area contributed by atoms with Crippen LogP contribution in [0.4, 0.5) is 0 Å². The summed E-state index contributed by atoms with van der Waals surface area (Å²) in [5.41, 5.74) is 2.14. The highest BCUT2D eigenvalue weighted by molar-refractivity contribution is 5.81. The van der Waals surface area contributed by atoms with Gasteiger partial charge in [-0.25, -0.2) is 0 Å². The Balaban J connectivity index is 1.97. The van der Waals surface area contributed by atoms with Crippen LogP contribution >= 0.6 is 0 Å². The molecule has 1 heterocycles. The minimum atomic E-state index is -0.196. The van der Waals surface area contributed by atoms with E-state index >= 15 is 0 Å². The second-order valence-corrected chi connectivity index (χ2v) is 4.00. The summed E-state index contributed by atoms with van der Waals surface area (Å²) in [6, 6.07) is 10.1. The molecule has 0 saturated heterocycles. The van der Waals surface area contributed by atoms with E-state index in [9.17, 15) is 4.79 Å². The van der Waals surface area contributed by atoms with Gasteiger partial charge in [0.25, 0.3) is 0 Å². The number of benzene rings is 1. The summed E-state index contributed by atoms with van der Waals surface area (Å²) in [4.78, 5) is 15.3. The van der Waals surface area contributed by atoms with E-state index in [4.69, 9.17) is 0 Å². The largest absolute Gasteiger partial charge is 0.469 e. The van der Waals surface area contributed by atoms with Gasteiger partial charge in [-0.1, -0.05) is 24.3 Å². The number of esters is 1. The summed E-state index contributed by atoms with van der Waals surface area (Å²) in [6.07, 6.45) is 2.18. The van der Waals surface area contributed by atoms with Gasteiger partial charge in [-0.2, -0.15) is 0 Å². The van der Waals surface area contributed by atoms with Gasteiger partial charge in [0.15, 0.2) is 0 Å². The van der Waals surface area contributed by atoms with Crippen molar-refractivity contribution in [1.29, 1.82) is 0 Å². The Hall–Kier alpha value is -1.94. The molecule has 0 amide bonds. The highest BCUT2D eigenvalue weighted by Crippen LogP contribution is 2.15. The number of para-hydroxylation sites is 1. The second kappa shape index (κ2) is 6.12. The molecule has 1 aromatic heterocycles. The molecule has 0 unspecified atom stereocenters. The Morgan fingerprint density at radius 1 is 1.33 bits per heavy atom. The monoisotopic (exact) mass is 244 g/mol. The standard InChI is InChI=1S/C14H16N2O2/c1-18-13(17)7-9-15-10-12-5-2-4-11-6-3-8-16-14(11)12/h2-6,8,15H,7,9-10H2,1H3. The number of aromatic nitrogens is 1. The third kappa shape index (κ3) is 3.05. The number of methoxy groups -OCH3 is 1. The molecule has 0 aliphatic rings. The molecule has 0 radical (unpaired) electrons. The van der Waals surface area contributed by atoms with E-state index in [-0.39, 0.29) is 5.97 Å². The number of nitrogens with zero attached hydrogens (tertiary/aromatic N) is 1. The molecule has 0 saturated carbocycles. The van der Waals surface area contributed by atoms with Gasteiger partial charge in [-0.05, 0) is 11.6 Å². The van der Waals surface area contributed by atoms with Crippen LogP contribution in [0.3, 0.4) is 0 Å². The lowest BCUT2D eigenvalue weighted by atomic mass is 10.1. The summed E-state index contributed by atoms with van der Waals surface area (Å²) in [5.74, 6) is -0.196. The van der Waals surface area contributed by atoms with Gasteiger partial charge in [-0.3, -0.25) is 9.78 Å². The Labute approximate surface area is 106 Å². The lowest BCUT2D eigenvalue weighted by Gasteiger charge is -2.07. The Bertz CT molecular complexity index is 535. The van der Waals surface area contributed by atoms with Gasteiger partial charge in [0.1, 0.15) is 0 Å². The van der Waals surface area contributed by atoms with Gasteiger partial charge in [0, 0.05) is 24.7 Å². The number of ether oxygens (including phenoxy) is 1. The maximum atomic E-state index is 11.0. The van der Waals surface area contributed by atoms with Crippen LogP contribution in [-0.4, -0.2) is 24.6 Å². The van der Waals surface area contributed by atoms with Gasteiger partial charge in [-0.15, -0.1) is 0 Å². The summed E-state index contributed by atoms with van der Waals surface area (Å²) >= 11 is 0. The average molecular weight is 244 g/mol. The molecule has 0 spiro atoms. The van der Waals surface area contributed by atoms with Crippen molar-refractivity contribution in [2.24, 2.45) is 0 Å². The molecule has 1 aromatic carbocycles. The Kier molecular flexibility index (Phi) is 4.25. The number of hydrogen-bond acceptors (Lipinski definition) is 4. The number of nitrogens with one attached hydrogen (secondary N) is 1. The van der Waals surface area contributed by atoms with Crippen LogP contribution in [0.25, 0.3) is 10.9 Å². The zero-order chi connectivity index (χ0) is 12.8. The number of carbonyl (C=O) groups is 1. The maximum Gasteiger partial charge on any atom is 0.306 e. The minimum absolute atomic E-state index is 0.196. The fourth-order valence-corrected chi connectivity index (χ4v) is 1.83. The first-order valence-electron chi connectivity index (χ1n) is 5.91. The fraction of sp³-hybridized carbons (Fsp3) is 0.286. The number of fused-ring (bicyclic) bond motifs is 1. The van der Waals surface area contributed by atoms with Crippen molar-refractivity contribution < 1.29 is 9.53 Å². The zero-order valence-electron chi connectivity index (χ0n) is 10.3. The van der Waals surface area contributed by atoms with E-state index in [0.29, 0.717) is 19.5 Å². The molecule has 18 heavy (non-hydrogen) atoms. The van der Waals surface area contributed by atoms with E-state index in [0.717, 1.165) is 16.5 Å². The molecule has 0 atom stereocenters. The van der Waals surface area contributed by atoms with Crippen LogP contribution in [0.15, 0.2) is 36.5 Å². The first-order chi connectivity index (χ1) is 8.81. The minimum Gasteiger partial charge on any atom is -0.469 e. The third-order valence-electron chi connectivity index (χ3n) is 2.77. The highest BCUT2D eigenvalue weighted by Gasteiger charge is 2.02. The van der Waals surface area contributed by atoms with Gasteiger partial charge in [0.05, 0.1) is 19.0 Å². The second-order valence-electron chi connectivity index (χ2n) is 4.00. The quantitative estimate of drug-likeness (QED) is 0.644. The van der Waals surface area contributed by atoms with Crippen LogP contribution in [0, 0.1) is 0 Å². The first kappa shape index (κ1) is 12.5. The van der Waals surface area contributed by atoms with E-state index in [2.05, 4.69) is 15.0 Å². The van der Waals surface area contributed by atoms with Crippen LogP contribution in [0.1, 0.15) is 12.0 Å². The van der Waals surface area contributed by atoms with Crippen molar-refractivity contribution in [3.8, 4) is 0 Å². The summed E-state index contributed by atoms with van der Waals surface area (Å²) in [5, 5.41) is 4.35. The van der Waals surface area contributed by atoms with Crippen LogP contribution in [0.2, 0.25) is 0 Å². The predicted octanol–water partition coefficient (Wildman–Crippen LogP) is 1.89. The molecule has 2 rings (SSSR count). The van der Waals surface area contributed by atoms with E-state index < -0.39 is 0 Å². The van der Waals surface area contributed by atoms with E-state index in [1.165, 1.54) is 7.11 Å². The highest BCUT2D eigenvalue weighted by atomic mass is 16.5. The number of hydrogen-bond donors (Lipinski definition) is 1. The average Bonchev–Trinajstić information content (AvgIpc) is 2.43. The fourth-order valence-electron chi connectivity index (χ4n) is 1.83. The van der Waals surface area contributed by atoms with E-state index in [1.54, 1.807) is 6.20 Å². The van der Waals surface area contributed by atoms with Crippen LogP contribution < -0.4 is 5.32 Å². The van der Waals surface area contributed by atoms with Gasteiger partial charge >= 0.3 is 5.97 Å². The lowest BCUT2D eigenvalue weighted by molar-refractivity contribution is -0.140. The molecular formula is C14H16N2O2. The SMILES string of the molecule is COC(=O)CCNCc1cccc2cccnc12. The van der Waals surface area contributed by atoms with Crippen molar-refractivity contribution in [1.82, 2.24) is 10.3 Å². The van der Waals surface area contributed by atoms with Crippen molar-refractivity contribution in [3.05, 3.63) is 42.1 Å². The lowest BCUT2D eigenvalue weighted by Crippen LogP contribution is -2.18. The van der Waals surface area contributed by atoms with Gasteiger partial charge in [0.2, 0.25) is 0 Å². The van der Waals surface area contributed by atoms with E-state index in [1.807, 2.05) is 30.3 Å². The zero-order valence-corrected chi connectivity index (χ0v) is 10.3. The smallest absolute Gasteiger partial charge is 0.306 e. The van der Waals surface area contributed by atoms with Crippen molar-refractivity contribution in [2.45, 2.75) is 13.0 Å². The molecule has 0 fully saturated rings. The third-order valence-corrected chi connectivity index (χ3v) is 2.77.